The fourth-order valence-corrected chi connectivity index (χ4v) is 2.89. The molecule has 0 unspecified atom stereocenters. The highest BCUT2D eigenvalue weighted by atomic mass is 32.2. The summed E-state index contributed by atoms with van der Waals surface area (Å²) < 4.78 is 26.9. The monoisotopic (exact) mass is 367 g/mol. The second kappa shape index (κ2) is 8.19. The number of nitrogens with one attached hydrogen (secondary N) is 2. The van der Waals surface area contributed by atoms with E-state index in [0.717, 1.165) is 16.8 Å². The lowest BCUT2D eigenvalue weighted by molar-refractivity contribution is -0.384. The van der Waals surface area contributed by atoms with Gasteiger partial charge in [-0.2, -0.15) is 5.10 Å². The van der Waals surface area contributed by atoms with Gasteiger partial charge in [-0.15, -0.1) is 0 Å². The van der Waals surface area contributed by atoms with E-state index >= 15 is 0 Å². The number of aromatic nitrogens is 2. The molecule has 1 heterocycles. The molecule has 0 radical (unpaired) electrons. The highest BCUT2D eigenvalue weighted by Crippen LogP contribution is 2.24. The number of rotatable bonds is 9. The van der Waals surface area contributed by atoms with Crippen LogP contribution in [-0.2, 0) is 23.6 Å². The summed E-state index contributed by atoms with van der Waals surface area (Å²) in [5.41, 5.74) is 2.48. The van der Waals surface area contributed by atoms with Gasteiger partial charge in [0.25, 0.3) is 5.69 Å². The van der Waals surface area contributed by atoms with Crippen LogP contribution in [0.3, 0.4) is 0 Å². The Morgan fingerprint density at radius 3 is 2.52 bits per heavy atom. The topological polar surface area (TPSA) is 119 Å². The van der Waals surface area contributed by atoms with E-state index in [4.69, 9.17) is 0 Å². The fraction of sp³-hybridized carbons (Fsp3) is 0.400. The normalized spacial score (nSPS) is 11.6. The van der Waals surface area contributed by atoms with Crippen molar-refractivity contribution in [3.8, 4) is 11.3 Å². The summed E-state index contributed by atoms with van der Waals surface area (Å²) in [6, 6.07) is 6.22. The maximum atomic E-state index is 11.4. The van der Waals surface area contributed by atoms with Crippen LogP contribution in [0.2, 0.25) is 0 Å². The maximum Gasteiger partial charge on any atom is 0.269 e. The molecule has 0 bridgehead atoms. The lowest BCUT2D eigenvalue weighted by Crippen LogP contribution is -2.32. The van der Waals surface area contributed by atoms with Gasteiger partial charge >= 0.3 is 0 Å². The third kappa shape index (κ3) is 5.34. The first-order valence-corrected chi connectivity index (χ1v) is 9.43. The predicted molar refractivity (Wildman–Crippen MR) is 94.5 cm³/mol. The quantitative estimate of drug-likeness (QED) is 0.388. The van der Waals surface area contributed by atoms with Crippen LogP contribution in [0.1, 0.15) is 12.5 Å². The van der Waals surface area contributed by atoms with Gasteiger partial charge in [-0.1, -0.05) is 0 Å². The van der Waals surface area contributed by atoms with Gasteiger partial charge in [0, 0.05) is 56.1 Å². The van der Waals surface area contributed by atoms with Crippen molar-refractivity contribution in [1.82, 2.24) is 19.8 Å². The summed E-state index contributed by atoms with van der Waals surface area (Å²) in [7, 11) is -1.38. The van der Waals surface area contributed by atoms with Crippen molar-refractivity contribution in [3.63, 3.8) is 0 Å². The number of nitrogens with zero attached hydrogens (tertiary/aromatic N) is 3. The van der Waals surface area contributed by atoms with Crippen LogP contribution in [0.25, 0.3) is 11.3 Å². The van der Waals surface area contributed by atoms with Crippen LogP contribution >= 0.6 is 0 Å². The Morgan fingerprint density at radius 2 is 1.92 bits per heavy atom. The van der Waals surface area contributed by atoms with E-state index in [9.17, 15) is 18.5 Å². The fourth-order valence-electron chi connectivity index (χ4n) is 2.27. The van der Waals surface area contributed by atoms with Gasteiger partial charge in [0.05, 0.1) is 16.4 Å². The third-order valence-electron chi connectivity index (χ3n) is 3.58. The lowest BCUT2D eigenvalue weighted by atomic mass is 10.1. The number of hydrogen-bond donors (Lipinski definition) is 2. The predicted octanol–water partition coefficient (Wildman–Crippen LogP) is 1.02. The van der Waals surface area contributed by atoms with Gasteiger partial charge in [0.2, 0.25) is 10.0 Å². The molecular weight excluding hydrogens is 346 g/mol. The molecule has 136 valence electrons. The largest absolute Gasteiger partial charge is 0.311 e. The molecule has 0 saturated heterocycles. The Kier molecular flexibility index (Phi) is 6.23. The molecule has 0 amide bonds. The molecule has 1 aromatic heterocycles. The van der Waals surface area contributed by atoms with E-state index in [1.165, 1.54) is 12.1 Å². The highest BCUT2D eigenvalue weighted by Gasteiger charge is 2.12. The van der Waals surface area contributed by atoms with E-state index < -0.39 is 14.9 Å². The standard InChI is InChI=1S/C15H21N5O4S/c1-3-25(23,24)17-9-8-16-10-13-11-19(2)18-15(13)12-4-6-14(7-5-12)20(21)22/h4-7,11,16-17H,3,8-10H2,1-2H3. The Bertz CT molecular complexity index is 830. The zero-order valence-corrected chi connectivity index (χ0v) is 14.9. The van der Waals surface area contributed by atoms with Crippen LogP contribution < -0.4 is 10.0 Å². The minimum atomic E-state index is -3.18. The summed E-state index contributed by atoms with van der Waals surface area (Å²) in [6.45, 7) is 2.88. The number of sulfonamides is 1. The van der Waals surface area contributed by atoms with E-state index in [1.807, 2.05) is 6.20 Å². The molecule has 0 fully saturated rings. The number of aryl methyl sites for hydroxylation is 1. The molecular formula is C15H21N5O4S. The summed E-state index contributed by atoms with van der Waals surface area (Å²) in [5, 5.41) is 18.3. The molecule has 0 aliphatic carbocycles. The van der Waals surface area contributed by atoms with E-state index in [0.29, 0.717) is 19.6 Å². The first kappa shape index (κ1) is 19.0. The van der Waals surface area contributed by atoms with Crippen molar-refractivity contribution in [2.45, 2.75) is 13.5 Å². The molecule has 10 heteroatoms. The van der Waals surface area contributed by atoms with Crippen molar-refractivity contribution >= 4 is 15.7 Å². The number of nitro benzene ring substituents is 1. The minimum absolute atomic E-state index is 0.0302. The number of benzene rings is 1. The van der Waals surface area contributed by atoms with Gasteiger partial charge in [-0.3, -0.25) is 14.8 Å². The van der Waals surface area contributed by atoms with E-state index in [1.54, 1.807) is 30.8 Å². The number of hydrogen-bond acceptors (Lipinski definition) is 6. The summed E-state index contributed by atoms with van der Waals surface area (Å²) in [5.74, 6) is 0.0555. The van der Waals surface area contributed by atoms with Crippen molar-refractivity contribution in [1.29, 1.82) is 0 Å². The Balaban J connectivity index is 1.99. The molecule has 25 heavy (non-hydrogen) atoms. The average molecular weight is 367 g/mol. The summed E-state index contributed by atoms with van der Waals surface area (Å²) in [6.07, 6.45) is 1.86. The summed E-state index contributed by atoms with van der Waals surface area (Å²) >= 11 is 0. The zero-order chi connectivity index (χ0) is 18.4. The highest BCUT2D eigenvalue weighted by molar-refractivity contribution is 7.89. The van der Waals surface area contributed by atoms with Gasteiger partial charge < -0.3 is 5.32 Å². The van der Waals surface area contributed by atoms with Gasteiger partial charge in [0.1, 0.15) is 0 Å². The Labute approximate surface area is 146 Å². The minimum Gasteiger partial charge on any atom is -0.311 e. The second-order valence-electron chi connectivity index (χ2n) is 5.46. The van der Waals surface area contributed by atoms with Crippen LogP contribution in [0.4, 0.5) is 5.69 Å². The first-order valence-electron chi connectivity index (χ1n) is 7.78. The van der Waals surface area contributed by atoms with Crippen molar-refractivity contribution in [3.05, 3.63) is 46.1 Å². The molecule has 1 aromatic carbocycles. The first-order chi connectivity index (χ1) is 11.8. The molecule has 9 nitrogen and oxygen atoms in total. The van der Waals surface area contributed by atoms with Gasteiger partial charge in [-0.05, 0) is 19.1 Å². The van der Waals surface area contributed by atoms with Crippen LogP contribution in [0.5, 0.6) is 0 Å². The lowest BCUT2D eigenvalue weighted by Gasteiger charge is -2.07. The molecule has 0 aliphatic heterocycles. The van der Waals surface area contributed by atoms with E-state index in [-0.39, 0.29) is 11.4 Å². The van der Waals surface area contributed by atoms with Crippen molar-refractivity contribution < 1.29 is 13.3 Å². The van der Waals surface area contributed by atoms with Gasteiger partial charge in [-0.25, -0.2) is 13.1 Å². The second-order valence-corrected chi connectivity index (χ2v) is 7.55. The van der Waals surface area contributed by atoms with E-state index in [2.05, 4.69) is 15.1 Å². The maximum absolute atomic E-state index is 11.4. The molecule has 2 N–H and O–H groups in total. The number of nitro groups is 1. The molecule has 2 aromatic rings. The Morgan fingerprint density at radius 1 is 1.24 bits per heavy atom. The molecule has 0 atom stereocenters. The third-order valence-corrected chi connectivity index (χ3v) is 4.98. The molecule has 2 rings (SSSR count). The number of non-ortho nitro benzene ring substituents is 1. The molecule has 0 aliphatic rings. The smallest absolute Gasteiger partial charge is 0.269 e. The molecule has 0 spiro atoms. The molecule has 0 saturated carbocycles. The van der Waals surface area contributed by atoms with Crippen LogP contribution in [0, 0.1) is 10.1 Å². The zero-order valence-electron chi connectivity index (χ0n) is 14.1. The Hall–Kier alpha value is -2.30. The SMILES string of the molecule is CCS(=O)(=O)NCCNCc1cn(C)nc1-c1ccc([N+](=O)[O-])cc1. The van der Waals surface area contributed by atoms with Crippen LogP contribution in [-0.4, -0.2) is 42.0 Å². The summed E-state index contributed by atoms with van der Waals surface area (Å²) in [4.78, 5) is 10.3. The van der Waals surface area contributed by atoms with Crippen molar-refractivity contribution in [2.24, 2.45) is 7.05 Å². The van der Waals surface area contributed by atoms with Gasteiger partial charge in [0.15, 0.2) is 0 Å². The average Bonchev–Trinajstić information content (AvgIpc) is 2.95. The van der Waals surface area contributed by atoms with Crippen molar-refractivity contribution in [2.75, 3.05) is 18.8 Å². The van der Waals surface area contributed by atoms with Crippen LogP contribution in [0.15, 0.2) is 30.5 Å².